The maximum absolute atomic E-state index is 12.7. The zero-order valence-corrected chi connectivity index (χ0v) is 14.9. The van der Waals surface area contributed by atoms with E-state index in [1.165, 1.54) is 11.3 Å². The summed E-state index contributed by atoms with van der Waals surface area (Å²) in [6.45, 7) is 3.93. The molecule has 2 unspecified atom stereocenters. The first-order chi connectivity index (χ1) is 12.1. The molecule has 2 heterocycles. The Morgan fingerprint density at radius 1 is 1.28 bits per heavy atom. The van der Waals surface area contributed by atoms with Crippen LogP contribution in [-0.4, -0.2) is 27.8 Å². The number of H-pyrrole nitrogens is 1. The SMILES string of the molecule is CCC(C)C(NC(=O)c1ccsc1)C(=O)Nc1nc2ccccc2[nH]1. The molecule has 0 saturated heterocycles. The van der Waals surface area contributed by atoms with Crippen LogP contribution in [0.25, 0.3) is 11.0 Å². The van der Waals surface area contributed by atoms with E-state index in [4.69, 9.17) is 0 Å². The molecule has 0 spiro atoms. The molecule has 0 aliphatic heterocycles. The summed E-state index contributed by atoms with van der Waals surface area (Å²) in [5.41, 5.74) is 2.19. The minimum atomic E-state index is -0.634. The second kappa shape index (κ2) is 7.48. The number of nitrogens with zero attached hydrogens (tertiary/aromatic N) is 1. The highest BCUT2D eigenvalue weighted by Crippen LogP contribution is 2.16. The molecule has 3 aromatic rings. The highest BCUT2D eigenvalue weighted by molar-refractivity contribution is 7.08. The molecule has 130 valence electrons. The summed E-state index contributed by atoms with van der Waals surface area (Å²) in [5, 5.41) is 9.22. The zero-order chi connectivity index (χ0) is 17.8. The third kappa shape index (κ3) is 3.88. The smallest absolute Gasteiger partial charge is 0.252 e. The first kappa shape index (κ1) is 17.2. The van der Waals surface area contributed by atoms with E-state index >= 15 is 0 Å². The molecule has 2 aromatic heterocycles. The maximum Gasteiger partial charge on any atom is 0.252 e. The van der Waals surface area contributed by atoms with Gasteiger partial charge in [-0.05, 0) is 29.5 Å². The fraction of sp³-hybridized carbons (Fsp3) is 0.278. The normalized spacial score (nSPS) is 13.4. The summed E-state index contributed by atoms with van der Waals surface area (Å²) in [4.78, 5) is 32.5. The van der Waals surface area contributed by atoms with E-state index in [2.05, 4.69) is 20.6 Å². The predicted octanol–water partition coefficient (Wildman–Crippen LogP) is 3.41. The molecule has 1 aromatic carbocycles. The monoisotopic (exact) mass is 356 g/mol. The summed E-state index contributed by atoms with van der Waals surface area (Å²) in [5.74, 6) is -0.153. The average Bonchev–Trinajstić information content (AvgIpc) is 3.27. The molecule has 0 aliphatic carbocycles. The summed E-state index contributed by atoms with van der Waals surface area (Å²) in [7, 11) is 0. The summed E-state index contributed by atoms with van der Waals surface area (Å²) < 4.78 is 0. The Morgan fingerprint density at radius 3 is 2.76 bits per heavy atom. The number of nitrogens with one attached hydrogen (secondary N) is 3. The van der Waals surface area contributed by atoms with Crippen LogP contribution in [0.1, 0.15) is 30.6 Å². The van der Waals surface area contributed by atoms with Crippen LogP contribution in [-0.2, 0) is 4.79 Å². The van der Waals surface area contributed by atoms with Crippen molar-refractivity contribution in [2.75, 3.05) is 5.32 Å². The van der Waals surface area contributed by atoms with Crippen molar-refractivity contribution < 1.29 is 9.59 Å². The van der Waals surface area contributed by atoms with Crippen molar-refractivity contribution in [3.05, 3.63) is 46.7 Å². The molecule has 3 N–H and O–H groups in total. The fourth-order valence-electron chi connectivity index (χ4n) is 2.53. The van der Waals surface area contributed by atoms with Crippen LogP contribution in [0.5, 0.6) is 0 Å². The van der Waals surface area contributed by atoms with Crippen LogP contribution in [0.2, 0.25) is 0 Å². The lowest BCUT2D eigenvalue weighted by Crippen LogP contribution is -2.47. The number of hydrogen-bond donors (Lipinski definition) is 3. The van der Waals surface area contributed by atoms with Crippen molar-refractivity contribution in [2.24, 2.45) is 5.92 Å². The second-order valence-corrected chi connectivity index (χ2v) is 6.72. The average molecular weight is 356 g/mol. The third-order valence-electron chi connectivity index (χ3n) is 4.20. The number of imidazole rings is 1. The van der Waals surface area contributed by atoms with Gasteiger partial charge in [-0.3, -0.25) is 14.9 Å². The Balaban J connectivity index is 1.75. The molecule has 0 saturated carbocycles. The molecule has 2 amide bonds. The predicted molar refractivity (Wildman–Crippen MR) is 99.8 cm³/mol. The summed E-state index contributed by atoms with van der Waals surface area (Å²) >= 11 is 1.45. The van der Waals surface area contributed by atoms with Crippen molar-refractivity contribution in [3.8, 4) is 0 Å². The van der Waals surface area contributed by atoms with Gasteiger partial charge in [-0.25, -0.2) is 4.98 Å². The van der Waals surface area contributed by atoms with Gasteiger partial charge in [0.2, 0.25) is 11.9 Å². The fourth-order valence-corrected chi connectivity index (χ4v) is 3.16. The number of aromatic nitrogens is 2. The van der Waals surface area contributed by atoms with Crippen LogP contribution in [0.15, 0.2) is 41.1 Å². The minimum Gasteiger partial charge on any atom is -0.340 e. The van der Waals surface area contributed by atoms with Gasteiger partial charge >= 0.3 is 0 Å². The van der Waals surface area contributed by atoms with E-state index < -0.39 is 6.04 Å². The van der Waals surface area contributed by atoms with Gasteiger partial charge in [0.25, 0.3) is 5.91 Å². The number of aromatic amines is 1. The number of amides is 2. The highest BCUT2D eigenvalue weighted by Gasteiger charge is 2.27. The Kier molecular flexibility index (Phi) is 5.14. The van der Waals surface area contributed by atoms with E-state index in [9.17, 15) is 9.59 Å². The van der Waals surface area contributed by atoms with Gasteiger partial charge in [0.05, 0.1) is 16.6 Å². The van der Waals surface area contributed by atoms with Crippen molar-refractivity contribution in [2.45, 2.75) is 26.3 Å². The topological polar surface area (TPSA) is 86.9 Å². The lowest BCUT2D eigenvalue weighted by atomic mass is 9.98. The number of benzene rings is 1. The van der Waals surface area contributed by atoms with E-state index in [1.54, 1.807) is 11.4 Å². The molecule has 0 bridgehead atoms. The van der Waals surface area contributed by atoms with Crippen LogP contribution >= 0.6 is 11.3 Å². The van der Waals surface area contributed by atoms with Gasteiger partial charge in [0, 0.05) is 5.38 Å². The Labute approximate surface area is 149 Å². The number of carbonyl (C=O) groups is 2. The van der Waals surface area contributed by atoms with E-state index in [0.29, 0.717) is 11.5 Å². The molecule has 6 nitrogen and oxygen atoms in total. The molecule has 3 rings (SSSR count). The largest absolute Gasteiger partial charge is 0.340 e. The maximum atomic E-state index is 12.7. The summed E-state index contributed by atoms with van der Waals surface area (Å²) in [6.07, 6.45) is 0.766. The van der Waals surface area contributed by atoms with Crippen molar-refractivity contribution in [3.63, 3.8) is 0 Å². The highest BCUT2D eigenvalue weighted by atomic mass is 32.1. The van der Waals surface area contributed by atoms with Gasteiger partial charge in [-0.15, -0.1) is 0 Å². The molecule has 0 aliphatic rings. The minimum absolute atomic E-state index is 0.00744. The van der Waals surface area contributed by atoms with Crippen molar-refractivity contribution >= 4 is 40.1 Å². The quantitative estimate of drug-likeness (QED) is 0.632. The number of carbonyl (C=O) groups excluding carboxylic acids is 2. The number of para-hydroxylation sites is 2. The standard InChI is InChI=1S/C18H20N4O2S/c1-3-11(2)15(21-16(23)12-8-9-25-10-12)17(24)22-18-19-13-6-4-5-7-14(13)20-18/h4-11,15H,3H2,1-2H3,(H,21,23)(H2,19,20,22,24). The molecule has 2 atom stereocenters. The zero-order valence-electron chi connectivity index (χ0n) is 14.1. The summed E-state index contributed by atoms with van der Waals surface area (Å²) in [6, 6.07) is 8.65. The van der Waals surface area contributed by atoms with Crippen LogP contribution in [0.3, 0.4) is 0 Å². The van der Waals surface area contributed by atoms with E-state index in [-0.39, 0.29) is 17.7 Å². The second-order valence-electron chi connectivity index (χ2n) is 5.94. The molecule has 0 fully saturated rings. The van der Waals surface area contributed by atoms with Gasteiger partial charge in [-0.1, -0.05) is 32.4 Å². The number of rotatable bonds is 6. The van der Waals surface area contributed by atoms with Crippen molar-refractivity contribution in [1.82, 2.24) is 15.3 Å². The molecule has 7 heteroatoms. The Morgan fingerprint density at radius 2 is 2.08 bits per heavy atom. The molecular weight excluding hydrogens is 336 g/mol. The lowest BCUT2D eigenvalue weighted by molar-refractivity contribution is -0.119. The van der Waals surface area contributed by atoms with Crippen LogP contribution in [0, 0.1) is 5.92 Å². The third-order valence-corrected chi connectivity index (χ3v) is 4.88. The van der Waals surface area contributed by atoms with Crippen LogP contribution in [0.4, 0.5) is 5.95 Å². The van der Waals surface area contributed by atoms with E-state index in [1.807, 2.05) is 43.5 Å². The van der Waals surface area contributed by atoms with Gasteiger partial charge < -0.3 is 10.3 Å². The van der Waals surface area contributed by atoms with Gasteiger partial charge in [-0.2, -0.15) is 11.3 Å². The number of hydrogen-bond acceptors (Lipinski definition) is 4. The van der Waals surface area contributed by atoms with E-state index in [0.717, 1.165) is 17.5 Å². The van der Waals surface area contributed by atoms with Gasteiger partial charge in [0.1, 0.15) is 6.04 Å². The lowest BCUT2D eigenvalue weighted by Gasteiger charge is -2.22. The molecule has 25 heavy (non-hydrogen) atoms. The first-order valence-corrected chi connectivity index (χ1v) is 9.11. The number of fused-ring (bicyclic) bond motifs is 1. The van der Waals surface area contributed by atoms with Gasteiger partial charge in [0.15, 0.2) is 0 Å². The number of anilines is 1. The first-order valence-electron chi connectivity index (χ1n) is 8.17. The number of thiophene rings is 1. The Bertz CT molecular complexity index is 839. The molecular formula is C18H20N4O2S. The van der Waals surface area contributed by atoms with Crippen molar-refractivity contribution in [1.29, 1.82) is 0 Å². The van der Waals surface area contributed by atoms with Crippen LogP contribution < -0.4 is 10.6 Å². The molecule has 0 radical (unpaired) electrons. The Hall–Kier alpha value is -2.67.